The van der Waals surface area contributed by atoms with E-state index in [-0.39, 0.29) is 11.9 Å². The first-order valence-corrected chi connectivity index (χ1v) is 6.39. The molecule has 0 saturated carbocycles. The Kier molecular flexibility index (Phi) is 4.15. The summed E-state index contributed by atoms with van der Waals surface area (Å²) in [4.78, 5) is 13.9. The Hall–Kier alpha value is -1.61. The topological polar surface area (TPSA) is 32.3 Å². The highest BCUT2D eigenvalue weighted by atomic mass is 16.2. The van der Waals surface area contributed by atoms with Gasteiger partial charge in [-0.05, 0) is 24.0 Å². The number of nitrogens with one attached hydrogen (secondary N) is 1. The summed E-state index contributed by atoms with van der Waals surface area (Å²) in [5.74, 6) is 0.138. The van der Waals surface area contributed by atoms with Gasteiger partial charge in [0.15, 0.2) is 0 Å². The van der Waals surface area contributed by atoms with Crippen LogP contribution in [0.3, 0.4) is 0 Å². The number of aryl methyl sites for hydroxylation is 1. The van der Waals surface area contributed by atoms with Crippen LogP contribution in [0.4, 0.5) is 0 Å². The molecule has 2 rings (SSSR count). The van der Waals surface area contributed by atoms with Gasteiger partial charge in [0.05, 0.1) is 12.6 Å². The molecule has 1 amide bonds. The van der Waals surface area contributed by atoms with Gasteiger partial charge in [-0.15, -0.1) is 6.58 Å². The molecule has 0 radical (unpaired) electrons. The molecule has 0 saturated heterocycles. The van der Waals surface area contributed by atoms with Gasteiger partial charge >= 0.3 is 0 Å². The Labute approximate surface area is 108 Å². The third-order valence-corrected chi connectivity index (χ3v) is 3.53. The zero-order valence-electron chi connectivity index (χ0n) is 10.9. The van der Waals surface area contributed by atoms with Crippen LogP contribution in [-0.4, -0.2) is 30.9 Å². The minimum absolute atomic E-state index is 0.138. The van der Waals surface area contributed by atoms with Gasteiger partial charge in [0.2, 0.25) is 5.91 Å². The molecular formula is C15H20N2O. The number of carbonyl (C=O) groups excluding carboxylic acids is 1. The molecule has 0 heterocycles. The van der Waals surface area contributed by atoms with Crippen LogP contribution in [0.25, 0.3) is 0 Å². The largest absolute Gasteiger partial charge is 0.338 e. The van der Waals surface area contributed by atoms with Gasteiger partial charge in [-0.2, -0.15) is 0 Å². The van der Waals surface area contributed by atoms with Gasteiger partial charge in [0.1, 0.15) is 0 Å². The Morgan fingerprint density at radius 3 is 3.11 bits per heavy atom. The molecule has 0 aromatic heterocycles. The summed E-state index contributed by atoms with van der Waals surface area (Å²) in [5, 5.41) is 3.05. The summed E-state index contributed by atoms with van der Waals surface area (Å²) in [7, 11) is 1.89. The van der Waals surface area contributed by atoms with E-state index in [1.807, 2.05) is 18.0 Å². The van der Waals surface area contributed by atoms with Crippen LogP contribution >= 0.6 is 0 Å². The Bertz CT molecular complexity index is 442. The fourth-order valence-electron chi connectivity index (χ4n) is 2.52. The number of likely N-dealkylation sites (N-methyl/N-ethyl adjacent to an activating group) is 1. The summed E-state index contributed by atoms with van der Waals surface area (Å²) in [6, 6.07) is 8.64. The van der Waals surface area contributed by atoms with Gasteiger partial charge in [0, 0.05) is 13.6 Å². The Morgan fingerprint density at radius 2 is 2.33 bits per heavy atom. The average molecular weight is 244 g/mol. The second-order valence-corrected chi connectivity index (χ2v) is 4.68. The first-order chi connectivity index (χ1) is 8.74. The predicted molar refractivity (Wildman–Crippen MR) is 73.3 cm³/mol. The summed E-state index contributed by atoms with van der Waals surface area (Å²) < 4.78 is 0. The maximum atomic E-state index is 12.0. The number of amides is 1. The van der Waals surface area contributed by atoms with Crippen molar-refractivity contribution in [2.45, 2.75) is 18.9 Å². The van der Waals surface area contributed by atoms with Crippen molar-refractivity contribution in [3.05, 3.63) is 48.0 Å². The van der Waals surface area contributed by atoms with Crippen molar-refractivity contribution in [1.29, 1.82) is 0 Å². The van der Waals surface area contributed by atoms with Crippen LogP contribution in [0.5, 0.6) is 0 Å². The lowest BCUT2D eigenvalue weighted by Crippen LogP contribution is -2.37. The monoisotopic (exact) mass is 244 g/mol. The Morgan fingerprint density at radius 1 is 1.56 bits per heavy atom. The zero-order valence-corrected chi connectivity index (χ0v) is 10.9. The first-order valence-electron chi connectivity index (χ1n) is 6.39. The van der Waals surface area contributed by atoms with Gasteiger partial charge in [-0.1, -0.05) is 30.3 Å². The maximum Gasteiger partial charge on any atom is 0.236 e. The number of carbonyl (C=O) groups is 1. The van der Waals surface area contributed by atoms with E-state index in [2.05, 4.69) is 30.1 Å². The molecule has 96 valence electrons. The molecule has 1 aliphatic rings. The van der Waals surface area contributed by atoms with Crippen molar-refractivity contribution >= 4 is 5.91 Å². The van der Waals surface area contributed by atoms with E-state index >= 15 is 0 Å². The summed E-state index contributed by atoms with van der Waals surface area (Å²) in [5.41, 5.74) is 2.68. The Balaban J connectivity index is 2.00. The number of hydrogen-bond donors (Lipinski definition) is 1. The van der Waals surface area contributed by atoms with Crippen molar-refractivity contribution in [3.63, 3.8) is 0 Å². The van der Waals surface area contributed by atoms with Crippen LogP contribution in [0.1, 0.15) is 23.6 Å². The lowest BCUT2D eigenvalue weighted by atomic mass is 10.1. The van der Waals surface area contributed by atoms with E-state index in [4.69, 9.17) is 0 Å². The van der Waals surface area contributed by atoms with Crippen LogP contribution in [-0.2, 0) is 11.2 Å². The molecule has 3 heteroatoms. The molecule has 1 aliphatic carbocycles. The van der Waals surface area contributed by atoms with Gasteiger partial charge in [-0.3, -0.25) is 4.79 Å². The molecule has 3 nitrogen and oxygen atoms in total. The molecule has 1 unspecified atom stereocenters. The minimum atomic E-state index is 0.138. The quantitative estimate of drug-likeness (QED) is 0.634. The van der Waals surface area contributed by atoms with E-state index < -0.39 is 0 Å². The molecule has 1 aromatic rings. The molecule has 0 aliphatic heterocycles. The number of benzene rings is 1. The highest BCUT2D eigenvalue weighted by Gasteiger charge is 2.27. The third-order valence-electron chi connectivity index (χ3n) is 3.53. The second kappa shape index (κ2) is 5.83. The van der Waals surface area contributed by atoms with Crippen molar-refractivity contribution in [2.24, 2.45) is 0 Å². The lowest BCUT2D eigenvalue weighted by Gasteiger charge is -2.25. The molecule has 0 fully saturated rings. The van der Waals surface area contributed by atoms with E-state index in [0.717, 1.165) is 12.8 Å². The van der Waals surface area contributed by atoms with E-state index in [1.54, 1.807) is 6.08 Å². The fraction of sp³-hybridized carbons (Fsp3) is 0.400. The average Bonchev–Trinajstić information content (AvgIpc) is 2.82. The normalized spacial score (nSPS) is 17.3. The van der Waals surface area contributed by atoms with Crippen LogP contribution < -0.4 is 5.32 Å². The van der Waals surface area contributed by atoms with Gasteiger partial charge < -0.3 is 10.2 Å². The molecule has 1 aromatic carbocycles. The summed E-state index contributed by atoms with van der Waals surface area (Å²) in [6.45, 7) is 4.67. The van der Waals surface area contributed by atoms with Crippen molar-refractivity contribution in [1.82, 2.24) is 10.2 Å². The molecule has 0 bridgehead atoms. The molecule has 1 N–H and O–H groups in total. The molecule has 0 spiro atoms. The highest BCUT2D eigenvalue weighted by Crippen LogP contribution is 2.34. The molecule has 18 heavy (non-hydrogen) atoms. The second-order valence-electron chi connectivity index (χ2n) is 4.68. The standard InChI is InChI=1S/C15H20N2O/c1-3-10-16-11-15(18)17(2)14-9-8-12-6-4-5-7-13(12)14/h3-7,14,16H,1,8-11H2,2H3. The van der Waals surface area contributed by atoms with E-state index in [9.17, 15) is 4.79 Å². The van der Waals surface area contributed by atoms with Crippen molar-refractivity contribution in [3.8, 4) is 0 Å². The van der Waals surface area contributed by atoms with Gasteiger partial charge in [0.25, 0.3) is 0 Å². The highest BCUT2D eigenvalue weighted by molar-refractivity contribution is 5.78. The van der Waals surface area contributed by atoms with E-state index in [0.29, 0.717) is 13.1 Å². The smallest absolute Gasteiger partial charge is 0.236 e. The maximum absolute atomic E-state index is 12.0. The SMILES string of the molecule is C=CCNCC(=O)N(C)C1CCc2ccccc21. The predicted octanol–water partition coefficient (Wildman–Crippen LogP) is 1.91. The number of fused-ring (bicyclic) bond motifs is 1. The minimum Gasteiger partial charge on any atom is -0.338 e. The molecular weight excluding hydrogens is 224 g/mol. The van der Waals surface area contributed by atoms with Crippen molar-refractivity contribution < 1.29 is 4.79 Å². The number of hydrogen-bond acceptors (Lipinski definition) is 2. The van der Waals surface area contributed by atoms with Crippen LogP contribution in [0, 0.1) is 0 Å². The first kappa shape index (κ1) is 12.8. The lowest BCUT2D eigenvalue weighted by molar-refractivity contribution is -0.131. The van der Waals surface area contributed by atoms with Crippen LogP contribution in [0.15, 0.2) is 36.9 Å². The summed E-state index contributed by atoms with van der Waals surface area (Å²) in [6.07, 6.45) is 3.86. The summed E-state index contributed by atoms with van der Waals surface area (Å²) >= 11 is 0. The van der Waals surface area contributed by atoms with Gasteiger partial charge in [-0.25, -0.2) is 0 Å². The van der Waals surface area contributed by atoms with Crippen molar-refractivity contribution in [2.75, 3.05) is 20.1 Å². The number of rotatable bonds is 5. The van der Waals surface area contributed by atoms with E-state index in [1.165, 1.54) is 11.1 Å². The number of nitrogens with zero attached hydrogens (tertiary/aromatic N) is 1. The van der Waals surface area contributed by atoms with Crippen LogP contribution in [0.2, 0.25) is 0 Å². The zero-order chi connectivity index (χ0) is 13.0. The fourth-order valence-corrected chi connectivity index (χ4v) is 2.52. The molecule has 1 atom stereocenters. The third kappa shape index (κ3) is 2.62.